The monoisotopic (exact) mass is 288 g/mol. The first-order chi connectivity index (χ1) is 9.10. The van der Waals surface area contributed by atoms with Crippen LogP contribution < -0.4 is 14.2 Å². The number of aliphatic hydroxyl groups excluding tert-OH is 1. The molecule has 6 nitrogen and oxygen atoms in total. The van der Waals surface area contributed by atoms with Crippen molar-refractivity contribution in [2.24, 2.45) is 0 Å². The molecule has 1 aliphatic heterocycles. The zero-order chi connectivity index (χ0) is 14.0. The summed E-state index contributed by atoms with van der Waals surface area (Å²) in [7, 11) is 2.56. The highest BCUT2D eigenvalue weighted by Gasteiger charge is 2.29. The Morgan fingerprint density at radius 1 is 1.42 bits per heavy atom. The maximum atomic E-state index is 11.4. The van der Waals surface area contributed by atoms with Crippen LogP contribution in [-0.4, -0.2) is 38.5 Å². The van der Waals surface area contributed by atoms with Gasteiger partial charge in [-0.3, -0.25) is 0 Å². The smallest absolute Gasteiger partial charge is 0.339 e. The van der Waals surface area contributed by atoms with E-state index in [9.17, 15) is 9.90 Å². The van der Waals surface area contributed by atoms with Crippen molar-refractivity contribution in [2.45, 2.75) is 6.10 Å². The minimum Gasteiger partial charge on any atom is -0.495 e. The normalized spacial score (nSPS) is 14.7. The average Bonchev–Trinajstić information content (AvgIpc) is 2.45. The van der Waals surface area contributed by atoms with E-state index in [2.05, 4.69) is 4.74 Å². The second-order valence-corrected chi connectivity index (χ2v) is 4.14. The number of fused-ring (bicyclic) bond motifs is 1. The van der Waals surface area contributed by atoms with Gasteiger partial charge in [-0.15, -0.1) is 0 Å². The molecule has 0 aromatic heterocycles. The number of methoxy groups -OCH3 is 2. The van der Waals surface area contributed by atoms with Gasteiger partial charge in [-0.2, -0.15) is 0 Å². The van der Waals surface area contributed by atoms with Crippen molar-refractivity contribution < 1.29 is 28.8 Å². The van der Waals surface area contributed by atoms with Crippen LogP contribution >= 0.6 is 11.6 Å². The van der Waals surface area contributed by atoms with Crippen molar-refractivity contribution in [2.75, 3.05) is 27.4 Å². The molecular weight excluding hydrogens is 276 g/mol. The lowest BCUT2D eigenvalue weighted by Crippen LogP contribution is -2.19. The standard InChI is InChI=1S/C12H13ClO6/c1-16-10-6(9(14)12(15)17-2)5-7-11(8(10)13)19-4-3-18-7/h5,9,14H,3-4H2,1-2H3. The molecule has 1 N–H and O–H groups in total. The molecule has 0 bridgehead atoms. The van der Waals surface area contributed by atoms with Gasteiger partial charge in [0, 0.05) is 5.56 Å². The van der Waals surface area contributed by atoms with Gasteiger partial charge < -0.3 is 24.1 Å². The molecule has 1 aromatic rings. The largest absolute Gasteiger partial charge is 0.495 e. The Bertz CT molecular complexity index is 501. The summed E-state index contributed by atoms with van der Waals surface area (Å²) < 4.78 is 20.4. The highest BCUT2D eigenvalue weighted by molar-refractivity contribution is 6.34. The van der Waals surface area contributed by atoms with E-state index in [1.807, 2.05) is 0 Å². The number of hydrogen-bond acceptors (Lipinski definition) is 6. The number of ether oxygens (including phenoxy) is 4. The van der Waals surface area contributed by atoms with E-state index in [4.69, 9.17) is 25.8 Å². The second kappa shape index (κ2) is 5.54. The van der Waals surface area contributed by atoms with Crippen molar-refractivity contribution in [1.82, 2.24) is 0 Å². The maximum Gasteiger partial charge on any atom is 0.339 e. The third-order valence-electron chi connectivity index (χ3n) is 2.68. The molecule has 0 aliphatic carbocycles. The summed E-state index contributed by atoms with van der Waals surface area (Å²) in [5.74, 6) is 0.0375. The van der Waals surface area contributed by atoms with Crippen LogP contribution in [0.15, 0.2) is 6.07 Å². The summed E-state index contributed by atoms with van der Waals surface area (Å²) in [5, 5.41) is 10.1. The zero-order valence-electron chi connectivity index (χ0n) is 10.4. The number of esters is 1. The number of aliphatic hydroxyl groups is 1. The van der Waals surface area contributed by atoms with Crippen molar-refractivity contribution in [1.29, 1.82) is 0 Å². The van der Waals surface area contributed by atoms with Gasteiger partial charge >= 0.3 is 5.97 Å². The minimum atomic E-state index is -1.51. The van der Waals surface area contributed by atoms with Crippen molar-refractivity contribution in [3.63, 3.8) is 0 Å². The van der Waals surface area contributed by atoms with Crippen LogP contribution in [0.25, 0.3) is 0 Å². The fourth-order valence-electron chi connectivity index (χ4n) is 1.80. The first-order valence-corrected chi connectivity index (χ1v) is 5.89. The minimum absolute atomic E-state index is 0.151. The zero-order valence-corrected chi connectivity index (χ0v) is 11.2. The average molecular weight is 289 g/mol. The lowest BCUT2D eigenvalue weighted by Gasteiger charge is -2.23. The molecule has 0 saturated heterocycles. The number of halogens is 1. The number of carbonyl (C=O) groups is 1. The van der Waals surface area contributed by atoms with Gasteiger partial charge in [-0.25, -0.2) is 4.79 Å². The van der Waals surface area contributed by atoms with E-state index >= 15 is 0 Å². The van der Waals surface area contributed by atoms with E-state index in [1.54, 1.807) is 0 Å². The van der Waals surface area contributed by atoms with Crippen LogP contribution in [0.2, 0.25) is 5.02 Å². The molecule has 1 atom stereocenters. The molecule has 1 aliphatic rings. The van der Waals surface area contributed by atoms with Gasteiger partial charge in [0.25, 0.3) is 0 Å². The number of benzene rings is 1. The third-order valence-corrected chi connectivity index (χ3v) is 3.03. The summed E-state index contributed by atoms with van der Waals surface area (Å²) in [6, 6.07) is 1.46. The summed E-state index contributed by atoms with van der Waals surface area (Å²) in [6.45, 7) is 0.734. The van der Waals surface area contributed by atoms with Crippen LogP contribution in [-0.2, 0) is 9.53 Å². The van der Waals surface area contributed by atoms with Crippen molar-refractivity contribution in [3.8, 4) is 17.2 Å². The van der Waals surface area contributed by atoms with Crippen LogP contribution in [0, 0.1) is 0 Å². The SMILES string of the molecule is COC(=O)C(O)c1cc2c(c(Cl)c1OC)OCCO2. The Balaban J connectivity index is 2.54. The molecule has 1 unspecified atom stereocenters. The van der Waals surface area contributed by atoms with E-state index in [-0.39, 0.29) is 16.3 Å². The van der Waals surface area contributed by atoms with Gasteiger partial charge in [0.1, 0.15) is 24.0 Å². The van der Waals surface area contributed by atoms with Gasteiger partial charge in [-0.1, -0.05) is 11.6 Å². The molecule has 7 heteroatoms. The first kappa shape index (κ1) is 13.8. The predicted molar refractivity (Wildman–Crippen MR) is 66.0 cm³/mol. The summed E-state index contributed by atoms with van der Waals surface area (Å²) >= 11 is 6.13. The molecule has 19 heavy (non-hydrogen) atoms. The Hall–Kier alpha value is -1.66. The predicted octanol–water partition coefficient (Wildman–Crippen LogP) is 1.33. The summed E-state index contributed by atoms with van der Waals surface area (Å²) in [6.07, 6.45) is -1.51. The van der Waals surface area contributed by atoms with Gasteiger partial charge in [-0.05, 0) is 6.07 Å². The Labute approximate surface area is 114 Å². The molecule has 0 fully saturated rings. The van der Waals surface area contributed by atoms with Gasteiger partial charge in [0.15, 0.2) is 17.6 Å². The molecule has 0 saturated carbocycles. The van der Waals surface area contributed by atoms with Crippen LogP contribution in [0.4, 0.5) is 0 Å². The Morgan fingerprint density at radius 3 is 2.74 bits per heavy atom. The molecule has 0 spiro atoms. The lowest BCUT2D eigenvalue weighted by atomic mass is 10.1. The molecule has 1 heterocycles. The number of rotatable bonds is 3. The van der Waals surface area contributed by atoms with Crippen molar-refractivity contribution in [3.05, 3.63) is 16.7 Å². The molecule has 104 valence electrons. The van der Waals surface area contributed by atoms with Gasteiger partial charge in [0.2, 0.25) is 0 Å². The Kier molecular flexibility index (Phi) is 4.01. The molecule has 1 aromatic carbocycles. The topological polar surface area (TPSA) is 74.2 Å². The lowest BCUT2D eigenvalue weighted by molar-refractivity contribution is -0.150. The van der Waals surface area contributed by atoms with E-state index < -0.39 is 12.1 Å². The number of carbonyl (C=O) groups excluding carboxylic acids is 1. The van der Waals surface area contributed by atoms with Crippen molar-refractivity contribution >= 4 is 17.6 Å². The van der Waals surface area contributed by atoms with E-state index in [0.29, 0.717) is 24.7 Å². The third kappa shape index (κ3) is 2.41. The first-order valence-electron chi connectivity index (χ1n) is 5.52. The van der Waals surface area contributed by atoms with Crippen LogP contribution in [0.5, 0.6) is 17.2 Å². The molecule has 0 radical (unpaired) electrons. The summed E-state index contributed by atoms with van der Waals surface area (Å²) in [5.41, 5.74) is 0.170. The van der Waals surface area contributed by atoms with E-state index in [0.717, 1.165) is 0 Å². The highest BCUT2D eigenvalue weighted by atomic mass is 35.5. The second-order valence-electron chi connectivity index (χ2n) is 3.76. The van der Waals surface area contributed by atoms with Crippen LogP contribution in [0.3, 0.4) is 0 Å². The molecule has 0 amide bonds. The molecular formula is C12H13ClO6. The van der Waals surface area contributed by atoms with Crippen LogP contribution in [0.1, 0.15) is 11.7 Å². The number of hydrogen-bond donors (Lipinski definition) is 1. The maximum absolute atomic E-state index is 11.4. The Morgan fingerprint density at radius 2 is 2.11 bits per heavy atom. The molecule has 2 rings (SSSR count). The summed E-state index contributed by atoms with van der Waals surface area (Å²) in [4.78, 5) is 11.4. The quantitative estimate of drug-likeness (QED) is 0.846. The van der Waals surface area contributed by atoms with E-state index in [1.165, 1.54) is 20.3 Å². The van der Waals surface area contributed by atoms with Gasteiger partial charge in [0.05, 0.1) is 14.2 Å². The fraction of sp³-hybridized carbons (Fsp3) is 0.417. The highest BCUT2D eigenvalue weighted by Crippen LogP contribution is 2.47. The fourth-order valence-corrected chi connectivity index (χ4v) is 2.13.